The highest BCUT2D eigenvalue weighted by molar-refractivity contribution is 5.08. The van der Waals surface area contributed by atoms with E-state index in [1.54, 1.807) is 0 Å². The first-order valence-electron chi connectivity index (χ1n) is 7.38. The molecule has 0 N–H and O–H groups in total. The van der Waals surface area contributed by atoms with Gasteiger partial charge in [0.25, 0.3) is 0 Å². The van der Waals surface area contributed by atoms with Crippen molar-refractivity contribution in [3.63, 3.8) is 0 Å². The zero-order chi connectivity index (χ0) is 12.1. The number of allylic oxidation sites excluding steroid dienone is 1. The van der Waals surface area contributed by atoms with E-state index in [4.69, 9.17) is 0 Å². The van der Waals surface area contributed by atoms with Gasteiger partial charge >= 0.3 is 0 Å². The first kappa shape index (κ1) is 12.9. The molecule has 2 heterocycles. The normalized spacial score (nSPS) is 32.6. The summed E-state index contributed by atoms with van der Waals surface area (Å²) in [6.45, 7) is 7.49. The Morgan fingerprint density at radius 2 is 2.18 bits per heavy atom. The van der Waals surface area contributed by atoms with Crippen molar-refractivity contribution in [2.24, 2.45) is 5.92 Å². The van der Waals surface area contributed by atoms with Crippen LogP contribution in [0.2, 0.25) is 0 Å². The molecule has 1 heteroatoms. The molecule has 0 aromatic heterocycles. The Labute approximate surface area is 107 Å². The molecule has 0 radical (unpaired) electrons. The largest absolute Gasteiger partial charge is 0.293 e. The van der Waals surface area contributed by atoms with Crippen molar-refractivity contribution < 1.29 is 0 Å². The molecule has 2 aliphatic rings. The minimum Gasteiger partial charge on any atom is -0.293 e. The van der Waals surface area contributed by atoms with E-state index >= 15 is 0 Å². The molecular weight excluding hydrogens is 206 g/mol. The summed E-state index contributed by atoms with van der Waals surface area (Å²) in [4.78, 5) is 2.76. The molecular formula is C16H27N. The summed E-state index contributed by atoms with van der Waals surface area (Å²) < 4.78 is 0. The van der Waals surface area contributed by atoms with Crippen molar-refractivity contribution >= 4 is 0 Å². The average Bonchev–Trinajstić information content (AvgIpc) is 2.81. The monoisotopic (exact) mass is 233 g/mol. The van der Waals surface area contributed by atoms with Crippen LogP contribution in [0, 0.1) is 5.92 Å². The molecule has 0 bridgehead atoms. The van der Waals surface area contributed by atoms with Gasteiger partial charge in [-0.3, -0.25) is 4.90 Å². The molecule has 3 atom stereocenters. The Morgan fingerprint density at radius 3 is 3.00 bits per heavy atom. The van der Waals surface area contributed by atoms with Crippen LogP contribution in [-0.2, 0) is 0 Å². The van der Waals surface area contributed by atoms with Gasteiger partial charge in [0, 0.05) is 12.1 Å². The van der Waals surface area contributed by atoms with Gasteiger partial charge in [-0.2, -0.15) is 0 Å². The highest BCUT2D eigenvalue weighted by Gasteiger charge is 2.34. The van der Waals surface area contributed by atoms with Gasteiger partial charge in [0.1, 0.15) is 0 Å². The SMILES string of the molecule is C=CCCCCC[C@@H]1C=C[C@@H](C)[C@@H]2CCCN12. The van der Waals surface area contributed by atoms with Crippen molar-refractivity contribution in [3.8, 4) is 0 Å². The van der Waals surface area contributed by atoms with E-state index in [1.165, 1.54) is 51.5 Å². The number of hydrogen-bond donors (Lipinski definition) is 0. The van der Waals surface area contributed by atoms with Gasteiger partial charge in [-0.05, 0) is 44.6 Å². The standard InChI is InChI=1S/C16H27N/c1-3-4-5-6-7-9-15-12-11-14(2)16-10-8-13-17(15)16/h3,11-12,14-16H,1,4-10,13H2,2H3/t14-,15-,16+/m1/s1. The van der Waals surface area contributed by atoms with Crippen LogP contribution >= 0.6 is 0 Å². The molecule has 0 amide bonds. The zero-order valence-corrected chi connectivity index (χ0v) is 11.3. The summed E-state index contributed by atoms with van der Waals surface area (Å²) in [7, 11) is 0. The maximum atomic E-state index is 3.78. The highest BCUT2D eigenvalue weighted by Crippen LogP contribution is 2.32. The first-order chi connectivity index (χ1) is 8.33. The van der Waals surface area contributed by atoms with Crippen molar-refractivity contribution in [3.05, 3.63) is 24.8 Å². The minimum absolute atomic E-state index is 0.738. The van der Waals surface area contributed by atoms with Crippen LogP contribution in [0.5, 0.6) is 0 Å². The lowest BCUT2D eigenvalue weighted by Crippen LogP contribution is -2.43. The van der Waals surface area contributed by atoms with Crippen LogP contribution < -0.4 is 0 Å². The van der Waals surface area contributed by atoms with Gasteiger partial charge < -0.3 is 0 Å². The van der Waals surface area contributed by atoms with Crippen LogP contribution in [0.15, 0.2) is 24.8 Å². The molecule has 0 unspecified atom stereocenters. The molecule has 17 heavy (non-hydrogen) atoms. The molecule has 96 valence electrons. The molecule has 1 fully saturated rings. The smallest absolute Gasteiger partial charge is 0.0281 e. The Bertz CT molecular complexity index is 269. The Balaban J connectivity index is 1.76. The number of nitrogens with zero attached hydrogens (tertiary/aromatic N) is 1. The van der Waals surface area contributed by atoms with E-state index in [0.29, 0.717) is 0 Å². The summed E-state index contributed by atoms with van der Waals surface area (Å²) >= 11 is 0. The Hall–Kier alpha value is -0.560. The molecule has 2 rings (SSSR count). The fraction of sp³-hybridized carbons (Fsp3) is 0.750. The maximum Gasteiger partial charge on any atom is 0.0281 e. The fourth-order valence-electron chi connectivity index (χ4n) is 3.41. The molecule has 1 saturated heterocycles. The summed E-state index contributed by atoms with van der Waals surface area (Å²) in [5.74, 6) is 0.773. The van der Waals surface area contributed by atoms with Crippen molar-refractivity contribution in [2.45, 2.75) is 64.0 Å². The van der Waals surface area contributed by atoms with Crippen LogP contribution in [0.3, 0.4) is 0 Å². The molecule has 0 aliphatic carbocycles. The molecule has 0 aromatic rings. The Morgan fingerprint density at radius 1 is 1.29 bits per heavy atom. The third-order valence-electron chi connectivity index (χ3n) is 4.42. The molecule has 0 saturated carbocycles. The van der Waals surface area contributed by atoms with E-state index in [2.05, 4.69) is 30.6 Å². The van der Waals surface area contributed by atoms with Gasteiger partial charge in [-0.25, -0.2) is 0 Å². The van der Waals surface area contributed by atoms with Gasteiger partial charge in [-0.15, -0.1) is 6.58 Å². The van der Waals surface area contributed by atoms with Crippen molar-refractivity contribution in [1.29, 1.82) is 0 Å². The van der Waals surface area contributed by atoms with Crippen LogP contribution in [0.4, 0.5) is 0 Å². The predicted octanol–water partition coefficient (Wildman–Crippen LogP) is 4.16. The molecule has 1 nitrogen and oxygen atoms in total. The van der Waals surface area contributed by atoms with Gasteiger partial charge in [0.05, 0.1) is 0 Å². The predicted molar refractivity (Wildman–Crippen MR) is 75.1 cm³/mol. The third kappa shape index (κ3) is 3.22. The van der Waals surface area contributed by atoms with Gasteiger partial charge in [0.2, 0.25) is 0 Å². The van der Waals surface area contributed by atoms with Crippen molar-refractivity contribution in [1.82, 2.24) is 4.90 Å². The summed E-state index contributed by atoms with van der Waals surface area (Å²) in [6.07, 6.45) is 16.4. The second-order valence-electron chi connectivity index (χ2n) is 5.69. The lowest BCUT2D eigenvalue weighted by molar-refractivity contribution is 0.158. The van der Waals surface area contributed by atoms with E-state index in [1.807, 2.05) is 6.08 Å². The van der Waals surface area contributed by atoms with Gasteiger partial charge in [0.15, 0.2) is 0 Å². The van der Waals surface area contributed by atoms with E-state index in [0.717, 1.165) is 18.0 Å². The summed E-state index contributed by atoms with van der Waals surface area (Å²) in [6, 6.07) is 1.58. The Kier molecular flexibility index (Phi) is 4.85. The minimum atomic E-state index is 0.738. The van der Waals surface area contributed by atoms with E-state index < -0.39 is 0 Å². The summed E-state index contributed by atoms with van der Waals surface area (Å²) in [5.41, 5.74) is 0. The quantitative estimate of drug-likeness (QED) is 0.492. The van der Waals surface area contributed by atoms with Crippen LogP contribution in [0.25, 0.3) is 0 Å². The average molecular weight is 233 g/mol. The molecule has 0 aromatic carbocycles. The van der Waals surface area contributed by atoms with E-state index in [9.17, 15) is 0 Å². The number of hydrogen-bond acceptors (Lipinski definition) is 1. The molecule has 0 spiro atoms. The number of unbranched alkanes of at least 4 members (excludes halogenated alkanes) is 3. The topological polar surface area (TPSA) is 3.24 Å². The second-order valence-corrected chi connectivity index (χ2v) is 5.69. The van der Waals surface area contributed by atoms with Crippen molar-refractivity contribution in [2.75, 3.05) is 6.54 Å². The van der Waals surface area contributed by atoms with Crippen LogP contribution in [0.1, 0.15) is 51.9 Å². The fourth-order valence-corrected chi connectivity index (χ4v) is 3.41. The van der Waals surface area contributed by atoms with Crippen LogP contribution in [-0.4, -0.2) is 23.5 Å². The van der Waals surface area contributed by atoms with E-state index in [-0.39, 0.29) is 0 Å². The second kappa shape index (κ2) is 6.39. The maximum absolute atomic E-state index is 3.78. The lowest BCUT2D eigenvalue weighted by atomic mass is 9.91. The first-order valence-corrected chi connectivity index (χ1v) is 7.38. The van der Waals surface area contributed by atoms with Gasteiger partial charge in [-0.1, -0.05) is 38.0 Å². The lowest BCUT2D eigenvalue weighted by Gasteiger charge is -2.37. The summed E-state index contributed by atoms with van der Waals surface area (Å²) in [5, 5.41) is 0. The number of rotatable bonds is 6. The molecule has 2 aliphatic heterocycles. The third-order valence-corrected chi connectivity index (χ3v) is 4.42. The highest BCUT2D eigenvalue weighted by atomic mass is 15.2. The number of fused-ring (bicyclic) bond motifs is 1. The zero-order valence-electron chi connectivity index (χ0n) is 11.3.